The monoisotopic (exact) mass is 268 g/mol. The van der Waals surface area contributed by atoms with Gasteiger partial charge >= 0.3 is 0 Å². The molecule has 0 atom stereocenters. The Bertz CT molecular complexity index is 393. The molecule has 0 radical (unpaired) electrons. The highest BCUT2D eigenvalue weighted by atomic mass is 35.5. The van der Waals surface area contributed by atoms with Crippen molar-refractivity contribution in [1.29, 1.82) is 0 Å². The van der Waals surface area contributed by atoms with E-state index < -0.39 is 0 Å². The first-order valence-corrected chi connectivity index (χ1v) is 6.78. The molecule has 1 amide bonds. The van der Waals surface area contributed by atoms with Gasteiger partial charge in [-0.2, -0.15) is 0 Å². The average Bonchev–Trinajstić information content (AvgIpc) is 2.34. The summed E-state index contributed by atoms with van der Waals surface area (Å²) < 4.78 is 0. The van der Waals surface area contributed by atoms with Gasteiger partial charge < -0.3 is 10.6 Å². The standard InChI is InChI=1S/C14H21ClN2O/c1-3-4-8-17-14(18)7-9-16-12-6-5-11(2)13(15)10-12/h5-6,10,16H,3-4,7-9H2,1-2H3,(H,17,18). The Hall–Kier alpha value is -1.22. The van der Waals surface area contributed by atoms with Gasteiger partial charge in [-0.05, 0) is 31.0 Å². The van der Waals surface area contributed by atoms with Crippen LogP contribution in [0.2, 0.25) is 5.02 Å². The van der Waals surface area contributed by atoms with Crippen LogP contribution in [0.3, 0.4) is 0 Å². The summed E-state index contributed by atoms with van der Waals surface area (Å²) in [6.07, 6.45) is 2.61. The second-order valence-corrected chi connectivity index (χ2v) is 4.75. The van der Waals surface area contributed by atoms with Crippen LogP contribution in [0.25, 0.3) is 0 Å². The summed E-state index contributed by atoms with van der Waals surface area (Å²) in [6, 6.07) is 5.81. The molecule has 0 aliphatic rings. The maximum Gasteiger partial charge on any atom is 0.221 e. The molecule has 0 saturated carbocycles. The minimum atomic E-state index is 0.0918. The fourth-order valence-corrected chi connectivity index (χ4v) is 1.70. The number of benzene rings is 1. The number of aryl methyl sites for hydroxylation is 1. The van der Waals surface area contributed by atoms with Crippen molar-refractivity contribution in [3.05, 3.63) is 28.8 Å². The topological polar surface area (TPSA) is 41.1 Å². The molecule has 100 valence electrons. The summed E-state index contributed by atoms with van der Waals surface area (Å²) in [5.74, 6) is 0.0918. The molecule has 0 unspecified atom stereocenters. The number of carbonyl (C=O) groups is 1. The van der Waals surface area contributed by atoms with Crippen molar-refractivity contribution in [3.8, 4) is 0 Å². The lowest BCUT2D eigenvalue weighted by atomic mass is 10.2. The highest BCUT2D eigenvalue weighted by Gasteiger charge is 2.01. The lowest BCUT2D eigenvalue weighted by Crippen LogP contribution is -2.26. The van der Waals surface area contributed by atoms with Gasteiger partial charge in [0.05, 0.1) is 0 Å². The summed E-state index contributed by atoms with van der Waals surface area (Å²) in [5, 5.41) is 6.82. The van der Waals surface area contributed by atoms with Gasteiger partial charge in [0.1, 0.15) is 0 Å². The average molecular weight is 269 g/mol. The van der Waals surface area contributed by atoms with E-state index in [2.05, 4.69) is 17.6 Å². The van der Waals surface area contributed by atoms with Gasteiger partial charge in [-0.3, -0.25) is 4.79 Å². The van der Waals surface area contributed by atoms with Gasteiger partial charge in [-0.1, -0.05) is 31.0 Å². The van der Waals surface area contributed by atoms with Gasteiger partial charge in [0.15, 0.2) is 0 Å². The molecule has 0 saturated heterocycles. The quantitative estimate of drug-likeness (QED) is 0.745. The zero-order valence-corrected chi connectivity index (χ0v) is 11.8. The van der Waals surface area contributed by atoms with E-state index >= 15 is 0 Å². The molecular formula is C14H21ClN2O. The number of nitrogens with one attached hydrogen (secondary N) is 2. The number of amides is 1. The molecule has 0 aliphatic carbocycles. The molecule has 1 aromatic carbocycles. The number of hydrogen-bond donors (Lipinski definition) is 2. The smallest absolute Gasteiger partial charge is 0.221 e. The van der Waals surface area contributed by atoms with E-state index in [-0.39, 0.29) is 5.91 Å². The van der Waals surface area contributed by atoms with Crippen LogP contribution < -0.4 is 10.6 Å². The van der Waals surface area contributed by atoms with Gasteiger partial charge in [-0.15, -0.1) is 0 Å². The maximum atomic E-state index is 11.5. The fourth-order valence-electron chi connectivity index (χ4n) is 1.52. The molecule has 3 nitrogen and oxygen atoms in total. The normalized spacial score (nSPS) is 10.2. The van der Waals surface area contributed by atoms with Crippen molar-refractivity contribution < 1.29 is 4.79 Å². The molecule has 0 aliphatic heterocycles. The summed E-state index contributed by atoms with van der Waals surface area (Å²) in [7, 11) is 0. The zero-order valence-electron chi connectivity index (χ0n) is 11.1. The number of anilines is 1. The molecule has 0 bridgehead atoms. The highest BCUT2D eigenvalue weighted by molar-refractivity contribution is 6.31. The van der Waals surface area contributed by atoms with Crippen molar-refractivity contribution in [2.24, 2.45) is 0 Å². The Morgan fingerprint density at radius 3 is 2.78 bits per heavy atom. The molecule has 1 aromatic rings. The Labute approximate surface area is 114 Å². The Balaban J connectivity index is 2.24. The SMILES string of the molecule is CCCCNC(=O)CCNc1ccc(C)c(Cl)c1. The first kappa shape index (κ1) is 14.8. The molecule has 4 heteroatoms. The van der Waals surface area contributed by atoms with E-state index in [1.54, 1.807) is 0 Å². The molecule has 18 heavy (non-hydrogen) atoms. The number of carbonyl (C=O) groups excluding carboxylic acids is 1. The maximum absolute atomic E-state index is 11.5. The van der Waals surface area contributed by atoms with E-state index in [1.807, 2.05) is 25.1 Å². The fraction of sp³-hybridized carbons (Fsp3) is 0.500. The molecular weight excluding hydrogens is 248 g/mol. The van der Waals surface area contributed by atoms with E-state index in [4.69, 9.17) is 11.6 Å². The first-order chi connectivity index (χ1) is 8.63. The third-order valence-corrected chi connectivity index (χ3v) is 3.11. The van der Waals surface area contributed by atoms with Gasteiger partial charge in [-0.25, -0.2) is 0 Å². The summed E-state index contributed by atoms with van der Waals surface area (Å²) in [6.45, 7) is 5.46. The third kappa shape index (κ3) is 5.41. The molecule has 0 spiro atoms. The lowest BCUT2D eigenvalue weighted by Gasteiger charge is -2.08. The number of unbranched alkanes of at least 4 members (excludes halogenated alkanes) is 1. The van der Waals surface area contributed by atoms with Crippen LogP contribution >= 0.6 is 11.6 Å². The lowest BCUT2D eigenvalue weighted by molar-refractivity contribution is -0.120. The van der Waals surface area contributed by atoms with E-state index in [0.29, 0.717) is 13.0 Å². The van der Waals surface area contributed by atoms with Gasteiger partial charge in [0, 0.05) is 30.2 Å². The van der Waals surface area contributed by atoms with Crippen LogP contribution in [0.1, 0.15) is 31.7 Å². The molecule has 1 rings (SSSR count). The predicted octanol–water partition coefficient (Wildman–Crippen LogP) is 3.37. The van der Waals surface area contributed by atoms with Gasteiger partial charge in [0.2, 0.25) is 5.91 Å². The van der Waals surface area contributed by atoms with E-state index in [0.717, 1.165) is 35.7 Å². The van der Waals surface area contributed by atoms with Gasteiger partial charge in [0.25, 0.3) is 0 Å². The Kier molecular flexibility index (Phi) is 6.58. The van der Waals surface area contributed by atoms with Crippen molar-refractivity contribution in [3.63, 3.8) is 0 Å². The minimum absolute atomic E-state index is 0.0918. The van der Waals surface area contributed by atoms with Crippen LogP contribution in [0, 0.1) is 6.92 Å². The number of rotatable bonds is 7. The summed E-state index contributed by atoms with van der Waals surface area (Å²) in [4.78, 5) is 11.5. The van der Waals surface area contributed by atoms with Crippen LogP contribution in [0.4, 0.5) is 5.69 Å². The van der Waals surface area contributed by atoms with Crippen LogP contribution in [0.15, 0.2) is 18.2 Å². The van der Waals surface area contributed by atoms with Crippen molar-refractivity contribution in [1.82, 2.24) is 5.32 Å². The van der Waals surface area contributed by atoms with Crippen molar-refractivity contribution >= 4 is 23.2 Å². The molecule has 0 aromatic heterocycles. The predicted molar refractivity (Wildman–Crippen MR) is 77.2 cm³/mol. The Morgan fingerprint density at radius 2 is 2.11 bits per heavy atom. The first-order valence-electron chi connectivity index (χ1n) is 6.40. The highest BCUT2D eigenvalue weighted by Crippen LogP contribution is 2.19. The summed E-state index contributed by atoms with van der Waals surface area (Å²) >= 11 is 6.02. The van der Waals surface area contributed by atoms with Crippen LogP contribution in [-0.2, 0) is 4.79 Å². The van der Waals surface area contributed by atoms with E-state index in [9.17, 15) is 4.79 Å². The molecule has 0 heterocycles. The third-order valence-electron chi connectivity index (χ3n) is 2.71. The zero-order chi connectivity index (χ0) is 13.4. The molecule has 0 fully saturated rings. The van der Waals surface area contributed by atoms with Crippen LogP contribution in [0.5, 0.6) is 0 Å². The van der Waals surface area contributed by atoms with Crippen molar-refractivity contribution in [2.45, 2.75) is 33.1 Å². The van der Waals surface area contributed by atoms with Crippen LogP contribution in [-0.4, -0.2) is 19.0 Å². The minimum Gasteiger partial charge on any atom is -0.384 e. The summed E-state index contributed by atoms with van der Waals surface area (Å²) in [5.41, 5.74) is 2.01. The second kappa shape index (κ2) is 7.98. The number of hydrogen-bond acceptors (Lipinski definition) is 2. The largest absolute Gasteiger partial charge is 0.384 e. The van der Waals surface area contributed by atoms with E-state index in [1.165, 1.54) is 0 Å². The molecule has 2 N–H and O–H groups in total. The Morgan fingerprint density at radius 1 is 1.33 bits per heavy atom. The number of halogens is 1. The van der Waals surface area contributed by atoms with Crippen molar-refractivity contribution in [2.75, 3.05) is 18.4 Å². The second-order valence-electron chi connectivity index (χ2n) is 4.34.